The van der Waals surface area contributed by atoms with E-state index in [9.17, 15) is 4.79 Å². The number of aromatic nitrogens is 1. The van der Waals surface area contributed by atoms with Crippen molar-refractivity contribution in [2.45, 2.75) is 6.92 Å². The van der Waals surface area contributed by atoms with E-state index in [1.54, 1.807) is 6.20 Å². The lowest BCUT2D eigenvalue weighted by Crippen LogP contribution is -2.47. The first kappa shape index (κ1) is 10.2. The van der Waals surface area contributed by atoms with E-state index in [0.29, 0.717) is 0 Å². The summed E-state index contributed by atoms with van der Waals surface area (Å²) in [6.07, 6.45) is 3.65. The van der Waals surface area contributed by atoms with Crippen LogP contribution < -0.4 is 0 Å². The van der Waals surface area contributed by atoms with E-state index in [4.69, 9.17) is 0 Å². The van der Waals surface area contributed by atoms with Gasteiger partial charge < -0.3 is 14.8 Å². The van der Waals surface area contributed by atoms with Gasteiger partial charge in [-0.05, 0) is 19.5 Å². The number of hydrogen-bond donors (Lipinski definition) is 1. The minimum absolute atomic E-state index is 0.154. The molecule has 0 saturated carbocycles. The molecule has 0 spiro atoms. The first-order valence-electron chi connectivity index (χ1n) is 5.29. The lowest BCUT2D eigenvalue weighted by atomic mass is 10.2. The molecule has 0 aliphatic carbocycles. The van der Waals surface area contributed by atoms with Gasteiger partial charge in [-0.3, -0.25) is 4.79 Å². The molecule has 1 amide bonds. The van der Waals surface area contributed by atoms with E-state index in [1.807, 2.05) is 18.0 Å². The van der Waals surface area contributed by atoms with E-state index in [0.717, 1.165) is 37.3 Å². The van der Waals surface area contributed by atoms with Gasteiger partial charge >= 0.3 is 0 Å². The zero-order chi connectivity index (χ0) is 10.8. The third-order valence-corrected chi connectivity index (χ3v) is 2.97. The molecule has 1 N–H and O–H groups in total. The van der Waals surface area contributed by atoms with Crippen molar-refractivity contribution in [1.82, 2.24) is 14.8 Å². The predicted molar refractivity (Wildman–Crippen MR) is 58.9 cm³/mol. The van der Waals surface area contributed by atoms with Crippen LogP contribution in [0.2, 0.25) is 0 Å². The molecule has 2 rings (SSSR count). The number of piperazine rings is 1. The van der Waals surface area contributed by atoms with E-state index in [-0.39, 0.29) is 5.91 Å². The molecule has 2 heterocycles. The highest BCUT2D eigenvalue weighted by atomic mass is 16.2. The van der Waals surface area contributed by atoms with Crippen LogP contribution in [0.25, 0.3) is 0 Å². The zero-order valence-electron chi connectivity index (χ0n) is 9.29. The highest BCUT2D eigenvalue weighted by Gasteiger charge is 2.21. The average molecular weight is 207 g/mol. The molecule has 1 aromatic heterocycles. The fraction of sp³-hybridized carbons (Fsp3) is 0.545. The van der Waals surface area contributed by atoms with Crippen LogP contribution in [0.5, 0.6) is 0 Å². The molecule has 0 bridgehead atoms. The van der Waals surface area contributed by atoms with Crippen molar-refractivity contribution in [1.29, 1.82) is 0 Å². The van der Waals surface area contributed by atoms with Crippen LogP contribution in [0.3, 0.4) is 0 Å². The predicted octanol–water partition coefficient (Wildman–Crippen LogP) is 0.711. The molecule has 0 radical (unpaired) electrons. The van der Waals surface area contributed by atoms with E-state index >= 15 is 0 Å². The van der Waals surface area contributed by atoms with Crippen molar-refractivity contribution < 1.29 is 4.79 Å². The standard InChI is InChI=1S/C11H17N3O/c1-9-7-12-8-10(9)11(15)14-5-3-13(2)4-6-14/h7-8,12H,3-6H2,1-2H3. The molecule has 4 nitrogen and oxygen atoms in total. The van der Waals surface area contributed by atoms with E-state index in [1.165, 1.54) is 0 Å². The second-order valence-electron chi connectivity index (χ2n) is 4.15. The van der Waals surface area contributed by atoms with Gasteiger partial charge in [-0.25, -0.2) is 0 Å². The lowest BCUT2D eigenvalue weighted by molar-refractivity contribution is 0.0663. The smallest absolute Gasteiger partial charge is 0.255 e. The second-order valence-corrected chi connectivity index (χ2v) is 4.15. The van der Waals surface area contributed by atoms with Gasteiger partial charge in [0.15, 0.2) is 0 Å². The van der Waals surface area contributed by atoms with Gasteiger partial charge in [0, 0.05) is 38.6 Å². The van der Waals surface area contributed by atoms with Crippen molar-refractivity contribution in [3.8, 4) is 0 Å². The molecule has 0 unspecified atom stereocenters. The summed E-state index contributed by atoms with van der Waals surface area (Å²) < 4.78 is 0. The molecule has 82 valence electrons. The van der Waals surface area contributed by atoms with Gasteiger partial charge in [-0.15, -0.1) is 0 Å². The molecule has 1 aliphatic rings. The fourth-order valence-corrected chi connectivity index (χ4v) is 1.85. The SMILES string of the molecule is Cc1c[nH]cc1C(=O)N1CCN(C)CC1. The van der Waals surface area contributed by atoms with Crippen LogP contribution in [0.1, 0.15) is 15.9 Å². The van der Waals surface area contributed by atoms with Gasteiger partial charge in [0.05, 0.1) is 5.56 Å². The Morgan fingerprint density at radius 3 is 2.47 bits per heavy atom. The molecule has 4 heteroatoms. The maximum absolute atomic E-state index is 12.1. The normalized spacial score (nSPS) is 18.1. The number of H-pyrrole nitrogens is 1. The Balaban J connectivity index is 2.06. The van der Waals surface area contributed by atoms with Crippen molar-refractivity contribution in [2.24, 2.45) is 0 Å². The number of aromatic amines is 1. The summed E-state index contributed by atoms with van der Waals surface area (Å²) in [6.45, 7) is 5.56. The summed E-state index contributed by atoms with van der Waals surface area (Å²) in [6, 6.07) is 0. The first-order chi connectivity index (χ1) is 7.18. The third-order valence-electron chi connectivity index (χ3n) is 2.97. The highest BCUT2D eigenvalue weighted by molar-refractivity contribution is 5.95. The minimum Gasteiger partial charge on any atom is -0.367 e. The summed E-state index contributed by atoms with van der Waals surface area (Å²) in [4.78, 5) is 19.2. The van der Waals surface area contributed by atoms with Gasteiger partial charge in [-0.1, -0.05) is 0 Å². The maximum atomic E-state index is 12.1. The minimum atomic E-state index is 0.154. The number of likely N-dealkylation sites (N-methyl/N-ethyl adjacent to an activating group) is 1. The Labute approximate surface area is 89.9 Å². The topological polar surface area (TPSA) is 39.3 Å². The summed E-state index contributed by atoms with van der Waals surface area (Å²) in [7, 11) is 2.09. The molecular weight excluding hydrogens is 190 g/mol. The van der Waals surface area contributed by atoms with Crippen LogP contribution in [-0.2, 0) is 0 Å². The largest absolute Gasteiger partial charge is 0.367 e. The highest BCUT2D eigenvalue weighted by Crippen LogP contribution is 2.11. The molecule has 1 aromatic rings. The zero-order valence-corrected chi connectivity index (χ0v) is 9.29. The van der Waals surface area contributed by atoms with Crippen molar-refractivity contribution in [3.63, 3.8) is 0 Å². The lowest BCUT2D eigenvalue weighted by Gasteiger charge is -2.32. The Kier molecular flexibility index (Phi) is 2.77. The second kappa shape index (κ2) is 4.06. The van der Waals surface area contributed by atoms with Gasteiger partial charge in [0.25, 0.3) is 5.91 Å². The number of hydrogen-bond acceptors (Lipinski definition) is 2. The third kappa shape index (κ3) is 2.04. The van der Waals surface area contributed by atoms with Crippen LogP contribution in [-0.4, -0.2) is 53.9 Å². The quantitative estimate of drug-likeness (QED) is 0.736. The van der Waals surface area contributed by atoms with E-state index in [2.05, 4.69) is 16.9 Å². The van der Waals surface area contributed by atoms with Crippen LogP contribution in [0.4, 0.5) is 0 Å². The number of aryl methyl sites for hydroxylation is 1. The van der Waals surface area contributed by atoms with Gasteiger partial charge in [-0.2, -0.15) is 0 Å². The molecule has 15 heavy (non-hydrogen) atoms. The molecular formula is C11H17N3O. The molecule has 1 fully saturated rings. The number of carbonyl (C=O) groups is 1. The number of nitrogens with zero attached hydrogens (tertiary/aromatic N) is 2. The number of rotatable bonds is 1. The summed E-state index contributed by atoms with van der Waals surface area (Å²) >= 11 is 0. The van der Waals surface area contributed by atoms with Crippen molar-refractivity contribution >= 4 is 5.91 Å². The number of amides is 1. The monoisotopic (exact) mass is 207 g/mol. The number of nitrogens with one attached hydrogen (secondary N) is 1. The molecule has 0 atom stereocenters. The summed E-state index contributed by atoms with van der Waals surface area (Å²) in [5.41, 5.74) is 1.83. The first-order valence-corrected chi connectivity index (χ1v) is 5.29. The Hall–Kier alpha value is -1.29. The van der Waals surface area contributed by atoms with Crippen LogP contribution in [0.15, 0.2) is 12.4 Å². The molecule has 1 aliphatic heterocycles. The summed E-state index contributed by atoms with van der Waals surface area (Å²) in [5, 5.41) is 0. The Morgan fingerprint density at radius 1 is 1.27 bits per heavy atom. The number of carbonyl (C=O) groups excluding carboxylic acids is 1. The van der Waals surface area contributed by atoms with Crippen molar-refractivity contribution in [2.75, 3.05) is 33.2 Å². The Morgan fingerprint density at radius 2 is 1.93 bits per heavy atom. The van der Waals surface area contributed by atoms with Gasteiger partial charge in [0.2, 0.25) is 0 Å². The fourth-order valence-electron chi connectivity index (χ4n) is 1.85. The molecule has 1 saturated heterocycles. The van der Waals surface area contributed by atoms with E-state index < -0.39 is 0 Å². The Bertz CT molecular complexity index is 350. The van der Waals surface area contributed by atoms with Crippen molar-refractivity contribution in [3.05, 3.63) is 23.5 Å². The molecule has 0 aromatic carbocycles. The van der Waals surface area contributed by atoms with Crippen LogP contribution >= 0.6 is 0 Å². The summed E-state index contributed by atoms with van der Waals surface area (Å²) in [5.74, 6) is 0.154. The average Bonchev–Trinajstić information content (AvgIpc) is 2.65. The van der Waals surface area contributed by atoms with Gasteiger partial charge in [0.1, 0.15) is 0 Å². The van der Waals surface area contributed by atoms with Crippen LogP contribution in [0, 0.1) is 6.92 Å². The maximum Gasteiger partial charge on any atom is 0.255 e.